The Kier molecular flexibility index (Phi) is 5.74. The maximum absolute atomic E-state index is 5.69. The highest BCUT2D eigenvalue weighted by Crippen LogP contribution is 2.48. The van der Waals surface area contributed by atoms with Crippen molar-refractivity contribution in [2.45, 2.75) is 0 Å². The van der Waals surface area contributed by atoms with Gasteiger partial charge < -0.3 is 4.40 Å². The molecule has 0 amide bonds. The first-order valence-electron chi connectivity index (χ1n) is 20.5. The summed E-state index contributed by atoms with van der Waals surface area (Å²) in [5.74, 6) is 1.95. The predicted molar refractivity (Wildman–Crippen MR) is 251 cm³/mol. The minimum absolute atomic E-state index is 0.887. The summed E-state index contributed by atoms with van der Waals surface area (Å²) in [6.07, 6.45) is 0. The van der Waals surface area contributed by atoms with Crippen LogP contribution in [0.5, 0.6) is 0 Å². The van der Waals surface area contributed by atoms with Gasteiger partial charge in [-0.05, 0) is 58.6 Å². The molecule has 15 aromatic rings. The fraction of sp³-hybridized carbons (Fsp3) is 0. The van der Waals surface area contributed by atoms with Gasteiger partial charge in [-0.2, -0.15) is 0 Å². The van der Waals surface area contributed by atoms with Crippen LogP contribution in [0.4, 0.5) is 0 Å². The number of hydrogen-bond acceptors (Lipinski definition) is 2. The Labute approximate surface area is 344 Å². The summed E-state index contributed by atoms with van der Waals surface area (Å²) in [4.78, 5) is 5.69. The Morgan fingerprint density at radius 3 is 1.82 bits per heavy atom. The summed E-state index contributed by atoms with van der Waals surface area (Å²) in [6.45, 7) is 0. The molecule has 0 bridgehead atoms. The highest BCUT2D eigenvalue weighted by molar-refractivity contribution is 7.10. The van der Waals surface area contributed by atoms with Gasteiger partial charge in [-0.25, -0.2) is 4.57 Å². The summed E-state index contributed by atoms with van der Waals surface area (Å²) in [5.41, 5.74) is 9.34. The van der Waals surface area contributed by atoms with Crippen molar-refractivity contribution in [3.63, 3.8) is 0 Å². The molecule has 6 heterocycles. The number of para-hydroxylation sites is 3. The zero-order chi connectivity index (χ0) is 38.8. The molecule has 276 valence electrons. The normalized spacial score (nSPS) is 12.7. The Bertz CT molecular complexity index is 4370. The highest BCUT2D eigenvalue weighted by atomic mass is 32.1. The van der Waals surface area contributed by atoms with E-state index in [1.54, 1.807) is 11.5 Å². The van der Waals surface area contributed by atoms with Crippen molar-refractivity contribution in [1.82, 2.24) is 18.5 Å². The minimum atomic E-state index is 0.887. The second-order valence-electron chi connectivity index (χ2n) is 16.1. The first-order valence-corrected chi connectivity index (χ1v) is 21.3. The largest absolute Gasteiger partial charge is 0.307 e. The number of rotatable bonds is 2. The molecule has 0 aliphatic carbocycles. The van der Waals surface area contributed by atoms with Crippen LogP contribution in [0, 0.1) is 0 Å². The lowest BCUT2D eigenvalue weighted by Crippen LogP contribution is -2.25. The van der Waals surface area contributed by atoms with Crippen molar-refractivity contribution in [3.05, 3.63) is 182 Å². The van der Waals surface area contributed by atoms with Gasteiger partial charge in [-0.15, -0.1) is 3.79 Å². The van der Waals surface area contributed by atoms with Crippen molar-refractivity contribution < 1.29 is 3.79 Å². The molecule has 6 aromatic heterocycles. The van der Waals surface area contributed by atoms with Gasteiger partial charge in [0.05, 0.1) is 43.7 Å². The molecule has 0 radical (unpaired) electrons. The molecule has 5 nitrogen and oxygen atoms in total. The average molecular weight is 781 g/mol. The van der Waals surface area contributed by atoms with Crippen LogP contribution >= 0.6 is 11.5 Å². The van der Waals surface area contributed by atoms with Crippen LogP contribution in [0.25, 0.3) is 131 Å². The van der Waals surface area contributed by atoms with E-state index in [0.29, 0.717) is 0 Å². The zero-order valence-corrected chi connectivity index (χ0v) is 32.8. The zero-order valence-electron chi connectivity index (χ0n) is 32.0. The van der Waals surface area contributed by atoms with Gasteiger partial charge in [0.2, 0.25) is 5.82 Å². The fourth-order valence-electron chi connectivity index (χ4n) is 10.8. The maximum Gasteiger partial charge on any atom is 0.289 e. The summed E-state index contributed by atoms with van der Waals surface area (Å²) in [6, 6.07) is 66.9. The summed E-state index contributed by atoms with van der Waals surface area (Å²) in [5, 5.41) is 16.2. The van der Waals surface area contributed by atoms with Gasteiger partial charge in [-0.3, -0.25) is 4.57 Å². The van der Waals surface area contributed by atoms with Crippen LogP contribution in [-0.2, 0) is 0 Å². The number of aromatic nitrogens is 5. The van der Waals surface area contributed by atoms with E-state index < -0.39 is 0 Å². The third-order valence-electron chi connectivity index (χ3n) is 13.2. The third-order valence-corrected chi connectivity index (χ3v) is 14.3. The molecule has 0 aliphatic heterocycles. The van der Waals surface area contributed by atoms with Crippen LogP contribution in [0.3, 0.4) is 0 Å². The highest BCUT2D eigenvalue weighted by Gasteiger charge is 2.29. The van der Waals surface area contributed by atoms with Crippen molar-refractivity contribution in [2.24, 2.45) is 0 Å². The van der Waals surface area contributed by atoms with Gasteiger partial charge in [0.1, 0.15) is 11.0 Å². The molecule has 60 heavy (non-hydrogen) atoms. The second kappa shape index (κ2) is 11.0. The predicted octanol–water partition coefficient (Wildman–Crippen LogP) is 13.7. The molecule has 0 saturated carbocycles. The quantitative estimate of drug-likeness (QED) is 0.161. The van der Waals surface area contributed by atoms with E-state index in [1.807, 2.05) is 0 Å². The van der Waals surface area contributed by atoms with Crippen molar-refractivity contribution in [3.8, 4) is 11.6 Å². The van der Waals surface area contributed by atoms with E-state index in [4.69, 9.17) is 4.98 Å². The molecule has 0 aliphatic rings. The van der Waals surface area contributed by atoms with Gasteiger partial charge in [-0.1, -0.05) is 138 Å². The molecule has 6 heteroatoms. The van der Waals surface area contributed by atoms with Crippen LogP contribution in [-0.4, -0.2) is 18.5 Å². The molecule has 0 unspecified atom stereocenters. The molecular formula is C54H30N5S+. The van der Waals surface area contributed by atoms with Gasteiger partial charge in [0.25, 0.3) is 11.5 Å². The number of benzene rings is 9. The lowest BCUT2D eigenvalue weighted by molar-refractivity contribution is -0.428. The number of hydrogen-bond donors (Lipinski definition) is 0. The van der Waals surface area contributed by atoms with Crippen molar-refractivity contribution in [1.29, 1.82) is 0 Å². The number of nitrogens with zero attached hydrogens (tertiary/aromatic N) is 5. The first-order chi connectivity index (χ1) is 29.8. The minimum Gasteiger partial charge on any atom is -0.307 e. The molecule has 0 fully saturated rings. The summed E-state index contributed by atoms with van der Waals surface area (Å²) < 4.78 is 11.0. The monoisotopic (exact) mass is 780 g/mol. The van der Waals surface area contributed by atoms with E-state index >= 15 is 0 Å². The first kappa shape index (κ1) is 31.2. The van der Waals surface area contributed by atoms with E-state index in [9.17, 15) is 0 Å². The lowest BCUT2D eigenvalue weighted by atomic mass is 10.00. The number of fused-ring (bicyclic) bond motifs is 20. The maximum atomic E-state index is 5.69. The average Bonchev–Trinajstić information content (AvgIpc) is 4.10. The van der Waals surface area contributed by atoms with E-state index in [1.165, 1.54) is 96.9 Å². The van der Waals surface area contributed by atoms with Crippen LogP contribution < -0.4 is 3.79 Å². The second-order valence-corrected chi connectivity index (χ2v) is 17.1. The standard InChI is InChI=1S/C54H30N5S/c1-3-15-33-31(13-1)26-28-44-49(33)36-18-6-11-23-43(36)57(44)48-30-47(55-54-38-20-8-12-24-46(38)60-59(48)54)56-42-22-10-7-19-37(42)50-45(56)29-40-35-17-5-9-21-41(35)58-52-34-16-4-2-14-32(34)25-27-39(52)51(50)53(40)58/h1-30H/q+1. The summed E-state index contributed by atoms with van der Waals surface area (Å²) >= 11 is 1.75. The van der Waals surface area contributed by atoms with Crippen LogP contribution in [0.1, 0.15) is 0 Å². The topological polar surface area (TPSA) is 31.3 Å². The third kappa shape index (κ3) is 3.74. The molecular weight excluding hydrogens is 751 g/mol. The molecule has 0 saturated heterocycles. The van der Waals surface area contributed by atoms with Gasteiger partial charge in [0.15, 0.2) is 0 Å². The van der Waals surface area contributed by atoms with E-state index in [-0.39, 0.29) is 0 Å². The molecule has 9 aromatic carbocycles. The van der Waals surface area contributed by atoms with Crippen LogP contribution in [0.15, 0.2) is 182 Å². The van der Waals surface area contributed by atoms with Crippen LogP contribution in [0.2, 0.25) is 0 Å². The molecule has 15 rings (SSSR count). The van der Waals surface area contributed by atoms with Gasteiger partial charge >= 0.3 is 0 Å². The summed E-state index contributed by atoms with van der Waals surface area (Å²) in [7, 11) is 0. The Morgan fingerprint density at radius 2 is 1.00 bits per heavy atom. The molecule has 0 N–H and O–H groups in total. The molecule has 0 atom stereocenters. The Balaban J connectivity index is 1.15. The van der Waals surface area contributed by atoms with Gasteiger partial charge in [0, 0.05) is 60.0 Å². The van der Waals surface area contributed by atoms with E-state index in [0.717, 1.165) is 33.7 Å². The van der Waals surface area contributed by atoms with Crippen molar-refractivity contribution in [2.75, 3.05) is 0 Å². The smallest absolute Gasteiger partial charge is 0.289 e. The lowest BCUT2D eigenvalue weighted by Gasteiger charge is -2.09. The van der Waals surface area contributed by atoms with E-state index in [2.05, 4.69) is 199 Å². The molecule has 0 spiro atoms. The Morgan fingerprint density at radius 1 is 0.383 bits per heavy atom. The van der Waals surface area contributed by atoms with Crippen molar-refractivity contribution >= 4 is 131 Å². The fourth-order valence-corrected chi connectivity index (χ4v) is 11.9. The SMILES string of the molecule is c1ccc2c(c1)ccc1c2c2ccccc2n1-c1cc(-n2c3ccccc3c3c4c5ccc6ccccc6c5n5c6ccccc6c(cc32)c45)nc2c3ccccc3s[n+]12. The Hall–Kier alpha value is -7.80.